The molecule has 0 atom stereocenters. The molecule has 2 aromatic rings. The van der Waals surface area contributed by atoms with E-state index in [1.54, 1.807) is 11.1 Å². The molecule has 6 heteroatoms. The number of anilines is 1. The Bertz CT molecular complexity index is 820. The molecule has 1 saturated carbocycles. The van der Waals surface area contributed by atoms with Crippen molar-refractivity contribution in [1.29, 1.82) is 0 Å². The summed E-state index contributed by atoms with van der Waals surface area (Å²) in [7, 11) is 0. The van der Waals surface area contributed by atoms with Crippen molar-refractivity contribution in [2.24, 2.45) is 5.92 Å². The monoisotopic (exact) mass is 380 g/mol. The highest BCUT2D eigenvalue weighted by Gasteiger charge is 2.33. The molecule has 28 heavy (non-hydrogen) atoms. The van der Waals surface area contributed by atoms with Crippen LogP contribution in [0.5, 0.6) is 0 Å². The van der Waals surface area contributed by atoms with Gasteiger partial charge in [-0.2, -0.15) is 5.10 Å². The van der Waals surface area contributed by atoms with E-state index >= 15 is 0 Å². The highest BCUT2D eigenvalue weighted by Crippen LogP contribution is 2.33. The molecule has 1 aliphatic heterocycles. The van der Waals surface area contributed by atoms with Crippen molar-refractivity contribution in [1.82, 2.24) is 15.1 Å². The molecule has 0 radical (unpaired) electrons. The second kappa shape index (κ2) is 8.17. The number of benzene rings is 1. The predicted molar refractivity (Wildman–Crippen MR) is 108 cm³/mol. The minimum Gasteiger partial charge on any atom is -0.342 e. The number of para-hydroxylation sites is 1. The van der Waals surface area contributed by atoms with Crippen molar-refractivity contribution in [3.8, 4) is 0 Å². The van der Waals surface area contributed by atoms with Crippen molar-refractivity contribution in [3.63, 3.8) is 0 Å². The van der Waals surface area contributed by atoms with Crippen molar-refractivity contribution in [2.75, 3.05) is 24.5 Å². The third kappa shape index (κ3) is 3.55. The van der Waals surface area contributed by atoms with Gasteiger partial charge in [0.05, 0.1) is 17.5 Å². The number of aromatic nitrogens is 2. The Kier molecular flexibility index (Phi) is 5.46. The maximum atomic E-state index is 13.2. The Hall–Kier alpha value is -2.63. The topological polar surface area (TPSA) is 69.3 Å². The van der Waals surface area contributed by atoms with Gasteiger partial charge in [-0.25, -0.2) is 0 Å². The number of aromatic amines is 1. The number of nitrogens with zero attached hydrogens (tertiary/aromatic N) is 3. The Balaban J connectivity index is 1.45. The number of nitrogens with one attached hydrogen (secondary N) is 1. The molecule has 4 rings (SSSR count). The minimum atomic E-state index is -0.0228. The summed E-state index contributed by atoms with van der Waals surface area (Å²) in [6, 6.07) is 9.73. The van der Waals surface area contributed by atoms with Gasteiger partial charge in [0.25, 0.3) is 5.91 Å². The fraction of sp³-hybridized carbons (Fsp3) is 0.500. The number of hydrogen-bond acceptors (Lipinski definition) is 3. The van der Waals surface area contributed by atoms with Gasteiger partial charge in [-0.3, -0.25) is 14.7 Å². The number of likely N-dealkylation sites (tertiary alicyclic amines) is 1. The molecule has 0 unspecified atom stereocenters. The SMILES string of the molecule is CCN(C(=O)c1cn[nH]c1C1CCN(C(=O)C2CCC2)CC1)c1ccccc1. The largest absolute Gasteiger partial charge is 0.342 e. The molecule has 2 heterocycles. The van der Waals surface area contributed by atoms with E-state index in [2.05, 4.69) is 10.2 Å². The van der Waals surface area contributed by atoms with Crippen LogP contribution in [0, 0.1) is 5.92 Å². The van der Waals surface area contributed by atoms with Crippen LogP contribution in [0.25, 0.3) is 0 Å². The summed E-state index contributed by atoms with van der Waals surface area (Å²) in [5.41, 5.74) is 2.45. The van der Waals surface area contributed by atoms with Crippen LogP contribution in [-0.4, -0.2) is 46.5 Å². The molecular formula is C22H28N4O2. The standard InChI is InChI=1S/C22H28N4O2/c1-2-26(18-9-4-3-5-10-18)22(28)19-15-23-24-20(19)16-11-13-25(14-12-16)21(27)17-7-6-8-17/h3-5,9-10,15-17H,2,6-8,11-14H2,1H3,(H,23,24). The van der Waals surface area contributed by atoms with Crippen LogP contribution in [0.4, 0.5) is 5.69 Å². The Morgan fingerprint density at radius 2 is 1.86 bits per heavy atom. The van der Waals surface area contributed by atoms with Crippen molar-refractivity contribution < 1.29 is 9.59 Å². The van der Waals surface area contributed by atoms with Crippen LogP contribution < -0.4 is 4.90 Å². The zero-order chi connectivity index (χ0) is 19.5. The lowest BCUT2D eigenvalue weighted by Crippen LogP contribution is -2.43. The first-order valence-corrected chi connectivity index (χ1v) is 10.4. The van der Waals surface area contributed by atoms with Crippen LogP contribution in [0.3, 0.4) is 0 Å². The van der Waals surface area contributed by atoms with E-state index in [0.29, 0.717) is 18.0 Å². The fourth-order valence-corrected chi connectivity index (χ4v) is 4.28. The second-order valence-electron chi connectivity index (χ2n) is 7.81. The number of amides is 2. The van der Waals surface area contributed by atoms with Gasteiger partial charge < -0.3 is 9.80 Å². The highest BCUT2D eigenvalue weighted by atomic mass is 16.2. The molecule has 2 aliphatic rings. The smallest absolute Gasteiger partial charge is 0.261 e. The second-order valence-corrected chi connectivity index (χ2v) is 7.81. The van der Waals surface area contributed by atoms with Gasteiger partial charge in [0, 0.05) is 37.2 Å². The van der Waals surface area contributed by atoms with Crippen LogP contribution in [0.15, 0.2) is 36.5 Å². The molecule has 2 amide bonds. The van der Waals surface area contributed by atoms with Crippen molar-refractivity contribution >= 4 is 17.5 Å². The number of hydrogen-bond donors (Lipinski definition) is 1. The third-order valence-electron chi connectivity index (χ3n) is 6.20. The number of piperidine rings is 1. The first-order valence-electron chi connectivity index (χ1n) is 10.4. The van der Waals surface area contributed by atoms with E-state index in [4.69, 9.17) is 0 Å². The first kappa shape index (κ1) is 18.7. The lowest BCUT2D eigenvalue weighted by Gasteiger charge is -2.36. The highest BCUT2D eigenvalue weighted by molar-refractivity contribution is 6.06. The van der Waals surface area contributed by atoms with Gasteiger partial charge in [-0.05, 0) is 44.7 Å². The third-order valence-corrected chi connectivity index (χ3v) is 6.20. The van der Waals surface area contributed by atoms with Gasteiger partial charge in [0.1, 0.15) is 0 Å². The van der Waals surface area contributed by atoms with E-state index in [1.165, 1.54) is 6.42 Å². The molecule has 1 N–H and O–H groups in total. The number of carbonyl (C=O) groups excluding carboxylic acids is 2. The Morgan fingerprint density at radius 3 is 2.46 bits per heavy atom. The molecule has 2 fully saturated rings. The predicted octanol–water partition coefficient (Wildman–Crippen LogP) is 3.58. The van der Waals surface area contributed by atoms with Crippen molar-refractivity contribution in [2.45, 2.75) is 44.9 Å². The van der Waals surface area contributed by atoms with Crippen LogP contribution in [-0.2, 0) is 4.79 Å². The van der Waals surface area contributed by atoms with Crippen LogP contribution in [0.1, 0.15) is 61.0 Å². The molecule has 0 spiro atoms. The summed E-state index contributed by atoms with van der Waals surface area (Å²) >= 11 is 0. The zero-order valence-corrected chi connectivity index (χ0v) is 16.4. The fourth-order valence-electron chi connectivity index (χ4n) is 4.28. The summed E-state index contributed by atoms with van der Waals surface area (Å²) in [4.78, 5) is 29.5. The van der Waals surface area contributed by atoms with E-state index in [0.717, 1.165) is 50.2 Å². The van der Waals surface area contributed by atoms with Crippen LogP contribution in [0.2, 0.25) is 0 Å². The average molecular weight is 380 g/mol. The van der Waals surface area contributed by atoms with Gasteiger partial charge in [-0.15, -0.1) is 0 Å². The number of H-pyrrole nitrogens is 1. The Morgan fingerprint density at radius 1 is 1.14 bits per heavy atom. The van der Waals surface area contributed by atoms with Crippen LogP contribution >= 0.6 is 0 Å². The molecule has 1 aromatic carbocycles. The van der Waals surface area contributed by atoms with Gasteiger partial charge in [0.2, 0.25) is 5.91 Å². The molecule has 6 nitrogen and oxygen atoms in total. The molecular weight excluding hydrogens is 352 g/mol. The summed E-state index contributed by atoms with van der Waals surface area (Å²) in [5, 5.41) is 7.26. The summed E-state index contributed by atoms with van der Waals surface area (Å²) < 4.78 is 0. The van der Waals surface area contributed by atoms with Gasteiger partial charge >= 0.3 is 0 Å². The molecule has 148 valence electrons. The summed E-state index contributed by atoms with van der Waals surface area (Å²) in [6.45, 7) is 4.11. The van der Waals surface area contributed by atoms with E-state index < -0.39 is 0 Å². The quantitative estimate of drug-likeness (QED) is 0.862. The van der Waals surface area contributed by atoms with Gasteiger partial charge in [-0.1, -0.05) is 24.6 Å². The maximum absolute atomic E-state index is 13.2. The normalized spacial score (nSPS) is 18.0. The van der Waals surface area contributed by atoms with Gasteiger partial charge in [0.15, 0.2) is 0 Å². The van der Waals surface area contributed by atoms with E-state index in [-0.39, 0.29) is 17.7 Å². The van der Waals surface area contributed by atoms with E-state index in [9.17, 15) is 9.59 Å². The summed E-state index contributed by atoms with van der Waals surface area (Å²) in [5.74, 6) is 0.795. The Labute approximate surface area is 165 Å². The molecule has 0 bridgehead atoms. The summed E-state index contributed by atoms with van der Waals surface area (Å²) in [6.07, 6.45) is 6.67. The number of carbonyl (C=O) groups is 2. The maximum Gasteiger partial charge on any atom is 0.261 e. The van der Waals surface area contributed by atoms with Crippen molar-refractivity contribution in [3.05, 3.63) is 47.8 Å². The first-order chi connectivity index (χ1) is 13.7. The lowest BCUT2D eigenvalue weighted by molar-refractivity contribution is -0.139. The zero-order valence-electron chi connectivity index (χ0n) is 16.4. The molecule has 1 aliphatic carbocycles. The molecule has 1 saturated heterocycles. The lowest BCUT2D eigenvalue weighted by atomic mass is 9.83. The average Bonchev–Trinajstić information content (AvgIpc) is 3.18. The number of rotatable bonds is 5. The van der Waals surface area contributed by atoms with E-state index in [1.807, 2.05) is 42.2 Å². The molecule has 1 aromatic heterocycles. The minimum absolute atomic E-state index is 0.0228.